The summed E-state index contributed by atoms with van der Waals surface area (Å²) >= 11 is 0. The number of rotatable bonds is 1. The van der Waals surface area contributed by atoms with Gasteiger partial charge in [0.1, 0.15) is 0 Å². The van der Waals surface area contributed by atoms with Crippen LogP contribution in [0.1, 0.15) is 6.42 Å². The molecule has 14 heavy (non-hydrogen) atoms. The molecule has 0 spiro atoms. The van der Waals surface area contributed by atoms with Crippen molar-refractivity contribution in [2.75, 3.05) is 0 Å². The highest BCUT2D eigenvalue weighted by atomic mass is 32.2. The van der Waals surface area contributed by atoms with E-state index in [1.165, 1.54) is 6.08 Å². The summed E-state index contributed by atoms with van der Waals surface area (Å²) in [5.41, 5.74) is 0. The lowest BCUT2D eigenvalue weighted by atomic mass is 9.99. The first-order valence-corrected chi connectivity index (χ1v) is 5.03. The quantitative estimate of drug-likeness (QED) is 0.695. The molecule has 0 saturated heterocycles. The molecule has 7 heteroatoms. The molecule has 0 bridgehead atoms. The Morgan fingerprint density at radius 1 is 1.29 bits per heavy atom. The van der Waals surface area contributed by atoms with Crippen LogP contribution in [-0.2, 0) is 10.1 Å². The Hall–Kier alpha value is -0.820. The fraction of sp³-hybridized carbons (Fsp3) is 0.429. The second kappa shape index (κ2) is 3.09. The van der Waals surface area contributed by atoms with Crippen molar-refractivity contribution in [3.8, 4) is 0 Å². The van der Waals surface area contributed by atoms with Crippen LogP contribution in [0.25, 0.3) is 0 Å². The van der Waals surface area contributed by atoms with E-state index in [0.717, 1.165) is 12.2 Å². The molecule has 0 aromatic rings. The van der Waals surface area contributed by atoms with Gasteiger partial charge in [0.15, 0.2) is 0 Å². The second-order valence-electron chi connectivity index (χ2n) is 2.85. The van der Waals surface area contributed by atoms with E-state index in [1.54, 1.807) is 0 Å². The van der Waals surface area contributed by atoms with Crippen LogP contribution in [0.3, 0.4) is 0 Å². The summed E-state index contributed by atoms with van der Waals surface area (Å²) in [5, 5.41) is 0. The summed E-state index contributed by atoms with van der Waals surface area (Å²) in [4.78, 5) is 0. The summed E-state index contributed by atoms with van der Waals surface area (Å²) < 4.78 is 64.2. The van der Waals surface area contributed by atoms with Gasteiger partial charge in [0.2, 0.25) is 4.75 Å². The smallest absolute Gasteiger partial charge is 0.285 e. The molecule has 1 aliphatic rings. The predicted molar refractivity (Wildman–Crippen MR) is 43.2 cm³/mol. The lowest BCUT2D eigenvalue weighted by molar-refractivity contribution is -0.150. The minimum Gasteiger partial charge on any atom is -0.285 e. The summed E-state index contributed by atoms with van der Waals surface area (Å²) in [6.45, 7) is 0. The monoisotopic (exact) mass is 228 g/mol. The fourth-order valence-electron chi connectivity index (χ4n) is 1.15. The minimum atomic E-state index is -5.21. The van der Waals surface area contributed by atoms with Crippen LogP contribution in [0.2, 0.25) is 0 Å². The van der Waals surface area contributed by atoms with Crippen molar-refractivity contribution in [3.05, 3.63) is 24.3 Å². The van der Waals surface area contributed by atoms with E-state index in [4.69, 9.17) is 4.55 Å². The van der Waals surface area contributed by atoms with Crippen molar-refractivity contribution in [1.29, 1.82) is 0 Å². The van der Waals surface area contributed by atoms with Crippen LogP contribution in [0.4, 0.5) is 13.2 Å². The zero-order chi connectivity index (χ0) is 11.0. The van der Waals surface area contributed by atoms with Gasteiger partial charge < -0.3 is 0 Å². The lowest BCUT2D eigenvalue weighted by Gasteiger charge is -2.29. The fourth-order valence-corrected chi connectivity index (χ4v) is 2.00. The van der Waals surface area contributed by atoms with Crippen LogP contribution < -0.4 is 0 Å². The van der Waals surface area contributed by atoms with Gasteiger partial charge in [-0.05, 0) is 0 Å². The molecule has 0 saturated carbocycles. The molecule has 0 radical (unpaired) electrons. The Kier molecular flexibility index (Phi) is 2.49. The van der Waals surface area contributed by atoms with Crippen LogP contribution in [-0.4, -0.2) is 23.9 Å². The van der Waals surface area contributed by atoms with Gasteiger partial charge in [-0.1, -0.05) is 24.3 Å². The molecule has 0 aliphatic heterocycles. The molecule has 1 atom stereocenters. The topological polar surface area (TPSA) is 54.4 Å². The molecule has 80 valence electrons. The Labute approximate surface area is 78.7 Å². The van der Waals surface area contributed by atoms with Crippen LogP contribution in [0.5, 0.6) is 0 Å². The van der Waals surface area contributed by atoms with Crippen molar-refractivity contribution >= 4 is 10.1 Å². The number of alkyl halides is 3. The Bertz CT molecular complexity index is 379. The third-order valence-corrected chi connectivity index (χ3v) is 3.43. The highest BCUT2D eigenvalue weighted by Crippen LogP contribution is 2.42. The lowest BCUT2D eigenvalue weighted by Crippen LogP contribution is -2.50. The largest absolute Gasteiger partial charge is 0.414 e. The maximum atomic E-state index is 12.5. The third-order valence-electron chi connectivity index (χ3n) is 1.97. The van der Waals surface area contributed by atoms with Crippen molar-refractivity contribution in [1.82, 2.24) is 0 Å². The normalized spacial score (nSPS) is 28.0. The molecule has 0 aromatic carbocycles. The van der Waals surface area contributed by atoms with E-state index in [0.29, 0.717) is 6.08 Å². The Morgan fingerprint density at radius 2 is 1.86 bits per heavy atom. The van der Waals surface area contributed by atoms with Gasteiger partial charge in [-0.2, -0.15) is 21.6 Å². The first-order chi connectivity index (χ1) is 6.21. The maximum Gasteiger partial charge on any atom is 0.414 e. The predicted octanol–water partition coefficient (Wildman–Crippen LogP) is 1.69. The van der Waals surface area contributed by atoms with Gasteiger partial charge in [0.05, 0.1) is 0 Å². The Morgan fingerprint density at radius 3 is 2.07 bits per heavy atom. The molecule has 1 aliphatic carbocycles. The number of hydrogen-bond acceptors (Lipinski definition) is 2. The molecule has 1 rings (SSSR count). The van der Waals surface area contributed by atoms with E-state index >= 15 is 0 Å². The van der Waals surface area contributed by atoms with Gasteiger partial charge in [-0.15, -0.1) is 0 Å². The summed E-state index contributed by atoms with van der Waals surface area (Å²) in [5.74, 6) is 0. The van der Waals surface area contributed by atoms with Crippen molar-refractivity contribution in [3.63, 3.8) is 0 Å². The number of halogens is 3. The molecule has 0 aromatic heterocycles. The van der Waals surface area contributed by atoms with Crippen LogP contribution in [0, 0.1) is 0 Å². The highest BCUT2D eigenvalue weighted by Gasteiger charge is 2.61. The molecule has 1 unspecified atom stereocenters. The molecule has 0 amide bonds. The molecule has 3 nitrogen and oxygen atoms in total. The zero-order valence-electron chi connectivity index (χ0n) is 6.82. The van der Waals surface area contributed by atoms with E-state index in [2.05, 4.69) is 0 Å². The van der Waals surface area contributed by atoms with E-state index in [1.807, 2.05) is 0 Å². The molecular weight excluding hydrogens is 221 g/mol. The zero-order valence-corrected chi connectivity index (χ0v) is 7.64. The van der Waals surface area contributed by atoms with E-state index in [-0.39, 0.29) is 0 Å². The molecule has 1 N–H and O–H groups in total. The van der Waals surface area contributed by atoms with E-state index in [9.17, 15) is 21.6 Å². The first-order valence-electron chi connectivity index (χ1n) is 3.59. The SMILES string of the molecule is O=S(=O)(O)C1(C(F)(F)F)C=CC=CC1. The maximum absolute atomic E-state index is 12.5. The highest BCUT2D eigenvalue weighted by molar-refractivity contribution is 7.87. The Balaban J connectivity index is 3.32. The average molecular weight is 228 g/mol. The van der Waals surface area contributed by atoms with Crippen molar-refractivity contribution in [2.24, 2.45) is 0 Å². The van der Waals surface area contributed by atoms with Gasteiger partial charge in [0, 0.05) is 6.42 Å². The number of allylic oxidation sites excluding steroid dienone is 3. The summed E-state index contributed by atoms with van der Waals surface area (Å²) in [6, 6.07) is 0. The molecule has 0 heterocycles. The standard InChI is InChI=1S/C7H7F3O3S/c8-7(9,10)6(14(11,12)13)4-2-1-3-5-6/h1-4H,5H2,(H,11,12,13). The second-order valence-corrected chi connectivity index (χ2v) is 4.53. The van der Waals surface area contributed by atoms with Crippen LogP contribution >= 0.6 is 0 Å². The van der Waals surface area contributed by atoms with Crippen molar-refractivity contribution < 1.29 is 26.1 Å². The minimum absolute atomic E-state index is 0.447. The van der Waals surface area contributed by atoms with Crippen LogP contribution in [0.15, 0.2) is 24.3 Å². The third kappa shape index (κ3) is 1.57. The van der Waals surface area contributed by atoms with Gasteiger partial charge in [0.25, 0.3) is 10.1 Å². The van der Waals surface area contributed by atoms with Crippen molar-refractivity contribution in [2.45, 2.75) is 17.3 Å². The number of hydrogen-bond donors (Lipinski definition) is 1. The van der Waals surface area contributed by atoms with Gasteiger partial charge in [-0.25, -0.2) is 0 Å². The first kappa shape index (κ1) is 11.3. The van der Waals surface area contributed by atoms with E-state index < -0.39 is 27.5 Å². The van der Waals surface area contributed by atoms with Gasteiger partial charge in [-0.3, -0.25) is 4.55 Å². The van der Waals surface area contributed by atoms with Gasteiger partial charge >= 0.3 is 6.18 Å². The summed E-state index contributed by atoms with van der Waals surface area (Å²) in [7, 11) is -5.21. The molecular formula is C7H7F3O3S. The summed E-state index contributed by atoms with van der Waals surface area (Å²) in [6.07, 6.45) is -2.10. The average Bonchev–Trinajstić information content (AvgIpc) is 2.02. The molecule has 0 fully saturated rings.